The molecular formula is C56H56N6O8. The fourth-order valence-corrected chi connectivity index (χ4v) is 8.60. The summed E-state index contributed by atoms with van der Waals surface area (Å²) < 4.78 is 11.2. The fraction of sp³-hybridized carbons (Fsp3) is 0.250. The molecule has 0 aliphatic carbocycles. The molecule has 0 spiro atoms. The van der Waals surface area contributed by atoms with Gasteiger partial charge in [0.05, 0.1) is 39.0 Å². The molecule has 8 aromatic rings. The molecular weight excluding hydrogens is 885 g/mol. The number of anilines is 6. The van der Waals surface area contributed by atoms with Crippen molar-refractivity contribution in [1.82, 2.24) is 9.97 Å². The molecule has 358 valence electrons. The van der Waals surface area contributed by atoms with Crippen LogP contribution in [-0.4, -0.2) is 77.5 Å². The van der Waals surface area contributed by atoms with Gasteiger partial charge in [-0.25, -0.2) is 14.8 Å². The number of para-hydroxylation sites is 4. The molecule has 0 fully saturated rings. The summed E-state index contributed by atoms with van der Waals surface area (Å²) in [6.07, 6.45) is 2.58. The normalized spacial score (nSPS) is 11.2. The zero-order valence-electron chi connectivity index (χ0n) is 39.3. The second-order valence-electron chi connectivity index (χ2n) is 17.3. The number of fused-ring (bicyclic) bond motifs is 4. The lowest BCUT2D eigenvalue weighted by molar-refractivity contribution is -0.159. The molecule has 2 aromatic heterocycles. The van der Waals surface area contributed by atoms with Crippen molar-refractivity contribution < 1.29 is 38.9 Å². The van der Waals surface area contributed by atoms with Gasteiger partial charge in [0.15, 0.2) is 0 Å². The number of benzene rings is 6. The van der Waals surface area contributed by atoms with Crippen molar-refractivity contribution in [2.24, 2.45) is 0 Å². The molecule has 0 bridgehead atoms. The number of aliphatic carboxylic acids is 1. The summed E-state index contributed by atoms with van der Waals surface area (Å²) in [5.41, 5.74) is 8.93. The minimum absolute atomic E-state index is 0.0191. The number of aromatic carboxylic acids is 1. The lowest BCUT2D eigenvalue weighted by atomic mass is 10.0. The number of pyridine rings is 2. The summed E-state index contributed by atoms with van der Waals surface area (Å²) in [7, 11) is 1.93. The van der Waals surface area contributed by atoms with Crippen LogP contribution >= 0.6 is 0 Å². The van der Waals surface area contributed by atoms with E-state index in [0.717, 1.165) is 78.3 Å². The highest BCUT2D eigenvalue weighted by Gasteiger charge is 2.18. The number of nitrogens with zero attached hydrogens (tertiary/aromatic N) is 4. The first-order chi connectivity index (χ1) is 34.0. The largest absolute Gasteiger partial charge is 0.481 e. The highest BCUT2D eigenvalue weighted by molar-refractivity contribution is 6.10. The van der Waals surface area contributed by atoms with Gasteiger partial charge in [-0.2, -0.15) is 0 Å². The molecule has 14 heteroatoms. The predicted octanol–water partition coefficient (Wildman–Crippen LogP) is 11.6. The molecule has 0 atom stereocenters. The lowest BCUT2D eigenvalue weighted by Gasteiger charge is -2.26. The average molecular weight is 941 g/mol. The van der Waals surface area contributed by atoms with Gasteiger partial charge in [-0.1, -0.05) is 79.7 Å². The summed E-state index contributed by atoms with van der Waals surface area (Å²) in [5, 5.41) is 30.4. The first-order valence-electron chi connectivity index (χ1n) is 23.6. The van der Waals surface area contributed by atoms with Crippen LogP contribution in [0.4, 0.5) is 34.1 Å². The second kappa shape index (κ2) is 22.8. The molecule has 6 aromatic carbocycles. The van der Waals surface area contributed by atoms with Gasteiger partial charge in [-0.05, 0) is 98.3 Å². The van der Waals surface area contributed by atoms with Crippen molar-refractivity contribution in [3.8, 4) is 0 Å². The third-order valence-electron chi connectivity index (χ3n) is 12.0. The molecule has 4 N–H and O–H groups in total. The van der Waals surface area contributed by atoms with Crippen LogP contribution in [0.2, 0.25) is 0 Å². The number of carboxylic acid groups (broad SMARTS) is 2. The van der Waals surface area contributed by atoms with Gasteiger partial charge in [0.1, 0.15) is 6.73 Å². The van der Waals surface area contributed by atoms with Crippen LogP contribution < -0.4 is 20.4 Å². The quantitative estimate of drug-likeness (QED) is 0.0156. The van der Waals surface area contributed by atoms with Crippen LogP contribution in [0.15, 0.2) is 133 Å². The number of rotatable bonds is 23. The molecule has 0 unspecified atom stereocenters. The summed E-state index contributed by atoms with van der Waals surface area (Å²) >= 11 is 0. The Morgan fingerprint density at radius 3 is 1.60 bits per heavy atom. The van der Waals surface area contributed by atoms with E-state index in [4.69, 9.17) is 19.4 Å². The topological polar surface area (TPSA) is 184 Å². The van der Waals surface area contributed by atoms with Crippen LogP contribution in [0.3, 0.4) is 0 Å². The van der Waals surface area contributed by atoms with Crippen molar-refractivity contribution in [3.05, 3.63) is 145 Å². The molecule has 0 amide bonds. The number of carboxylic acids is 2. The van der Waals surface area contributed by atoms with Crippen molar-refractivity contribution in [1.29, 1.82) is 0 Å². The first-order valence-corrected chi connectivity index (χ1v) is 23.6. The number of aromatic nitrogens is 2. The van der Waals surface area contributed by atoms with Gasteiger partial charge in [0.25, 0.3) is 0 Å². The molecule has 0 aliphatic rings. The van der Waals surface area contributed by atoms with Crippen molar-refractivity contribution in [2.75, 3.05) is 53.9 Å². The highest BCUT2D eigenvalue weighted by Crippen LogP contribution is 2.37. The number of hydrogen-bond donors (Lipinski definition) is 4. The molecule has 8 rings (SSSR count). The number of carbonyl (C=O) groups is 4. The smallest absolute Gasteiger partial charge is 0.335 e. The maximum Gasteiger partial charge on any atom is 0.335 e. The van der Waals surface area contributed by atoms with E-state index >= 15 is 0 Å². The molecule has 14 nitrogen and oxygen atoms in total. The standard InChI is InChI=1S/C56H56N6O8/c1-3-29-69-36-62(42-33-38(56(67)68)32-40(35-42)58-55-45-18-6-10-22-49(45)60-50-23-11-7-19-46(50)55)28-14-26-53(66)70-52(65)25-13-27-61(2)41-31-37(15-12-24-51(63)64)30-39(34-41)57-54-43-16-4-8-20-47(43)59-48-21-9-5-17-44(48)54/h4-11,16-23,30-35H,3,12-15,24-29,36H2,1-2H3,(H,57,59)(H,58,60)(H,63,64)(H,67,68). The van der Waals surface area contributed by atoms with Crippen LogP contribution in [0.5, 0.6) is 0 Å². The average Bonchev–Trinajstić information content (AvgIpc) is 3.35. The summed E-state index contributed by atoms with van der Waals surface area (Å²) in [4.78, 5) is 63.5. The number of esters is 2. The number of ether oxygens (including phenoxy) is 2. The SMILES string of the molecule is CCCOCN(CCCC(=O)OC(=O)CCCN(C)c1cc(CCCC(=O)O)cc(Nc2c3ccccc3nc3ccccc23)c1)c1cc(Nc2c3ccccc3nc3ccccc23)cc(C(=O)O)c1. The van der Waals surface area contributed by atoms with Gasteiger partial charge < -0.3 is 40.1 Å². The van der Waals surface area contributed by atoms with E-state index in [1.54, 1.807) is 12.1 Å². The third-order valence-corrected chi connectivity index (χ3v) is 12.0. The van der Waals surface area contributed by atoms with Gasteiger partial charge in [0, 0.05) is 90.3 Å². The fourth-order valence-electron chi connectivity index (χ4n) is 8.60. The van der Waals surface area contributed by atoms with Gasteiger partial charge >= 0.3 is 23.9 Å². The van der Waals surface area contributed by atoms with Crippen molar-refractivity contribution in [2.45, 2.75) is 58.3 Å². The van der Waals surface area contributed by atoms with E-state index in [0.29, 0.717) is 56.8 Å². The molecule has 0 saturated heterocycles. The Morgan fingerprint density at radius 1 is 0.586 bits per heavy atom. The van der Waals surface area contributed by atoms with E-state index in [9.17, 15) is 29.4 Å². The van der Waals surface area contributed by atoms with E-state index in [-0.39, 0.29) is 31.6 Å². The van der Waals surface area contributed by atoms with Gasteiger partial charge in [-0.3, -0.25) is 14.4 Å². The van der Waals surface area contributed by atoms with Crippen LogP contribution in [0, 0.1) is 0 Å². The second-order valence-corrected chi connectivity index (χ2v) is 17.3. The Hall–Kier alpha value is -8.10. The molecule has 0 aliphatic heterocycles. The van der Waals surface area contributed by atoms with Crippen LogP contribution in [-0.2, 0) is 30.3 Å². The van der Waals surface area contributed by atoms with Gasteiger partial charge in [0.2, 0.25) is 0 Å². The molecule has 0 saturated carbocycles. The summed E-state index contributed by atoms with van der Waals surface area (Å²) in [6, 6.07) is 42.6. The van der Waals surface area contributed by atoms with E-state index in [2.05, 4.69) is 10.6 Å². The molecule has 0 radical (unpaired) electrons. The minimum Gasteiger partial charge on any atom is -0.481 e. The van der Waals surface area contributed by atoms with Crippen molar-refractivity contribution >= 4 is 102 Å². The Balaban J connectivity index is 0.900. The maximum absolute atomic E-state index is 13.0. The monoisotopic (exact) mass is 940 g/mol. The van der Waals surface area contributed by atoms with Crippen molar-refractivity contribution in [3.63, 3.8) is 0 Å². The molecule has 70 heavy (non-hydrogen) atoms. The Bertz CT molecular complexity index is 3090. The zero-order chi connectivity index (χ0) is 49.0. The van der Waals surface area contributed by atoms with Crippen LogP contribution in [0.1, 0.15) is 67.8 Å². The van der Waals surface area contributed by atoms with E-state index < -0.39 is 23.9 Å². The zero-order valence-corrected chi connectivity index (χ0v) is 39.3. The molecule has 2 heterocycles. The first kappa shape index (κ1) is 48.4. The number of carbonyl (C=O) groups excluding carboxylic acids is 2. The third kappa shape index (κ3) is 12.1. The van der Waals surface area contributed by atoms with E-state index in [1.165, 1.54) is 0 Å². The van der Waals surface area contributed by atoms with Crippen LogP contribution in [0.25, 0.3) is 43.6 Å². The Morgan fingerprint density at radius 2 is 1.09 bits per heavy atom. The Labute approximate surface area is 405 Å². The highest BCUT2D eigenvalue weighted by atomic mass is 16.6. The number of aryl methyl sites for hydroxylation is 1. The lowest BCUT2D eigenvalue weighted by Crippen LogP contribution is -2.28. The number of hydrogen-bond acceptors (Lipinski definition) is 12. The minimum atomic E-state index is -1.09. The number of nitrogens with one attached hydrogen (secondary N) is 2. The Kier molecular flexibility index (Phi) is 15.8. The summed E-state index contributed by atoms with van der Waals surface area (Å²) in [6.45, 7) is 3.44. The van der Waals surface area contributed by atoms with E-state index in [1.807, 2.05) is 145 Å². The van der Waals surface area contributed by atoms with Gasteiger partial charge in [-0.15, -0.1) is 0 Å². The maximum atomic E-state index is 13.0. The predicted molar refractivity (Wildman–Crippen MR) is 277 cm³/mol. The summed E-state index contributed by atoms with van der Waals surface area (Å²) in [5.74, 6) is -3.21.